The first-order valence-electron chi connectivity index (χ1n) is 5.76. The van der Waals surface area contributed by atoms with Crippen molar-refractivity contribution in [3.05, 3.63) is 41.5 Å². The van der Waals surface area contributed by atoms with E-state index in [1.54, 1.807) is 12.1 Å². The zero-order valence-corrected chi connectivity index (χ0v) is 10.2. The molecule has 0 aliphatic rings. The second kappa shape index (κ2) is 5.22. The number of ether oxygens (including phenoxy) is 1. The van der Waals surface area contributed by atoms with Crippen molar-refractivity contribution in [2.24, 2.45) is 0 Å². The first-order valence-corrected chi connectivity index (χ1v) is 5.76. The number of carbonyl (C=O) groups is 1. The van der Waals surface area contributed by atoms with Gasteiger partial charge in [0.05, 0.1) is 5.56 Å². The molecule has 0 spiro atoms. The van der Waals surface area contributed by atoms with Gasteiger partial charge in [0, 0.05) is 5.39 Å². The Morgan fingerprint density at radius 3 is 2.63 bits per heavy atom. The molecule has 19 heavy (non-hydrogen) atoms. The molecule has 0 radical (unpaired) electrons. The summed E-state index contributed by atoms with van der Waals surface area (Å²) < 4.78 is 29.2. The summed E-state index contributed by atoms with van der Waals surface area (Å²) in [6.07, 6.45) is 0.755. The lowest BCUT2D eigenvalue weighted by molar-refractivity contribution is -0.0488. The second-order valence-electron chi connectivity index (χ2n) is 4.07. The van der Waals surface area contributed by atoms with Crippen LogP contribution in [0, 0.1) is 0 Å². The second-order valence-corrected chi connectivity index (χ2v) is 4.07. The number of carboxylic acids is 1. The first-order chi connectivity index (χ1) is 9.01. The molecule has 0 saturated heterocycles. The average Bonchev–Trinajstić information content (AvgIpc) is 2.37. The molecule has 0 unspecified atom stereocenters. The fourth-order valence-corrected chi connectivity index (χ4v) is 1.91. The molecular weight excluding hydrogens is 254 g/mol. The molecule has 0 atom stereocenters. The molecule has 0 aliphatic heterocycles. The molecule has 2 rings (SSSR count). The predicted octanol–water partition coefficient (Wildman–Crippen LogP) is 3.70. The standard InChI is InChI=1S/C14H12F2O3/c1-2-8-3-4-9-6-10(13(17)18)7-12(11(9)5-8)19-14(15)16/h3-7,14H,2H2,1H3,(H,17,18). The van der Waals surface area contributed by atoms with E-state index < -0.39 is 12.6 Å². The van der Waals surface area contributed by atoms with Gasteiger partial charge in [-0.1, -0.05) is 19.1 Å². The fourth-order valence-electron chi connectivity index (χ4n) is 1.91. The highest BCUT2D eigenvalue weighted by atomic mass is 19.3. The molecule has 0 fully saturated rings. The zero-order valence-electron chi connectivity index (χ0n) is 10.2. The van der Waals surface area contributed by atoms with Gasteiger partial charge in [0.1, 0.15) is 5.75 Å². The van der Waals surface area contributed by atoms with E-state index in [0.29, 0.717) is 10.8 Å². The van der Waals surface area contributed by atoms with Gasteiger partial charge in [-0.15, -0.1) is 0 Å². The van der Waals surface area contributed by atoms with Gasteiger partial charge >= 0.3 is 12.6 Å². The van der Waals surface area contributed by atoms with Crippen molar-refractivity contribution in [2.75, 3.05) is 0 Å². The molecule has 0 aliphatic carbocycles. The normalized spacial score (nSPS) is 10.9. The Kier molecular flexibility index (Phi) is 3.64. The van der Waals surface area contributed by atoms with Crippen molar-refractivity contribution in [2.45, 2.75) is 20.0 Å². The third-order valence-corrected chi connectivity index (χ3v) is 2.85. The van der Waals surface area contributed by atoms with Crippen LogP contribution >= 0.6 is 0 Å². The number of benzene rings is 2. The van der Waals surface area contributed by atoms with Crippen LogP contribution in [0.3, 0.4) is 0 Å². The quantitative estimate of drug-likeness (QED) is 0.917. The molecule has 3 nitrogen and oxygen atoms in total. The van der Waals surface area contributed by atoms with Crippen LogP contribution in [0.1, 0.15) is 22.8 Å². The van der Waals surface area contributed by atoms with Crippen molar-refractivity contribution in [3.63, 3.8) is 0 Å². The fraction of sp³-hybridized carbons (Fsp3) is 0.214. The van der Waals surface area contributed by atoms with Crippen molar-refractivity contribution in [1.29, 1.82) is 0 Å². The summed E-state index contributed by atoms with van der Waals surface area (Å²) in [5.74, 6) is -1.29. The highest BCUT2D eigenvalue weighted by Gasteiger charge is 2.13. The van der Waals surface area contributed by atoms with Gasteiger partial charge in [0.2, 0.25) is 0 Å². The summed E-state index contributed by atoms with van der Waals surface area (Å²) in [4.78, 5) is 11.0. The smallest absolute Gasteiger partial charge is 0.387 e. The third-order valence-electron chi connectivity index (χ3n) is 2.85. The molecule has 0 bridgehead atoms. The highest BCUT2D eigenvalue weighted by molar-refractivity contribution is 5.97. The van der Waals surface area contributed by atoms with E-state index >= 15 is 0 Å². The lowest BCUT2D eigenvalue weighted by Gasteiger charge is -2.11. The number of hydrogen-bond acceptors (Lipinski definition) is 2. The van der Waals surface area contributed by atoms with Crippen LogP contribution in [-0.4, -0.2) is 17.7 Å². The number of fused-ring (bicyclic) bond motifs is 1. The Balaban J connectivity index is 2.67. The van der Waals surface area contributed by atoms with Crippen LogP contribution in [0.25, 0.3) is 10.8 Å². The Bertz CT molecular complexity index is 623. The lowest BCUT2D eigenvalue weighted by atomic mass is 10.0. The van der Waals surface area contributed by atoms with E-state index in [-0.39, 0.29) is 11.3 Å². The molecule has 2 aromatic rings. The minimum Gasteiger partial charge on any atom is -0.478 e. The summed E-state index contributed by atoms with van der Waals surface area (Å²) in [5.41, 5.74) is 0.891. The van der Waals surface area contributed by atoms with E-state index in [0.717, 1.165) is 18.1 Å². The summed E-state index contributed by atoms with van der Waals surface area (Å²) in [5, 5.41) is 10.0. The molecule has 1 N–H and O–H groups in total. The number of carboxylic acid groups (broad SMARTS) is 1. The molecule has 0 saturated carbocycles. The van der Waals surface area contributed by atoms with Crippen molar-refractivity contribution in [1.82, 2.24) is 0 Å². The Morgan fingerprint density at radius 2 is 2.05 bits per heavy atom. The van der Waals surface area contributed by atoms with E-state index in [9.17, 15) is 13.6 Å². The van der Waals surface area contributed by atoms with Crippen LogP contribution < -0.4 is 4.74 Å². The SMILES string of the molecule is CCc1ccc2cc(C(=O)O)cc(OC(F)F)c2c1. The maximum Gasteiger partial charge on any atom is 0.387 e. The third kappa shape index (κ3) is 2.81. The molecule has 100 valence electrons. The number of halogens is 2. The van der Waals surface area contributed by atoms with E-state index in [1.165, 1.54) is 6.07 Å². The Morgan fingerprint density at radius 1 is 1.32 bits per heavy atom. The highest BCUT2D eigenvalue weighted by Crippen LogP contribution is 2.30. The van der Waals surface area contributed by atoms with Crippen LogP contribution in [0.2, 0.25) is 0 Å². The van der Waals surface area contributed by atoms with Gasteiger partial charge in [-0.3, -0.25) is 0 Å². The van der Waals surface area contributed by atoms with Gasteiger partial charge < -0.3 is 9.84 Å². The van der Waals surface area contributed by atoms with Crippen molar-refractivity contribution >= 4 is 16.7 Å². The van der Waals surface area contributed by atoms with Crippen molar-refractivity contribution in [3.8, 4) is 5.75 Å². The van der Waals surface area contributed by atoms with Gasteiger partial charge in [-0.2, -0.15) is 8.78 Å². The maximum atomic E-state index is 12.4. The predicted molar refractivity (Wildman–Crippen MR) is 66.9 cm³/mol. The largest absolute Gasteiger partial charge is 0.478 e. The van der Waals surface area contributed by atoms with Crippen molar-refractivity contribution < 1.29 is 23.4 Å². The van der Waals surface area contributed by atoms with E-state index in [4.69, 9.17) is 5.11 Å². The molecular formula is C14H12F2O3. The monoisotopic (exact) mass is 266 g/mol. The van der Waals surface area contributed by atoms with Crippen LogP contribution in [0.5, 0.6) is 5.75 Å². The summed E-state index contributed by atoms with van der Waals surface area (Å²) in [6, 6.07) is 7.84. The topological polar surface area (TPSA) is 46.5 Å². The Labute approximate surface area is 108 Å². The van der Waals surface area contributed by atoms with E-state index in [2.05, 4.69) is 4.74 Å². The molecule has 0 heterocycles. The average molecular weight is 266 g/mol. The van der Waals surface area contributed by atoms with Gasteiger partial charge in [0.15, 0.2) is 0 Å². The molecule has 5 heteroatoms. The number of hydrogen-bond donors (Lipinski definition) is 1. The maximum absolute atomic E-state index is 12.4. The minimum atomic E-state index is -2.99. The van der Waals surface area contributed by atoms with Gasteiger partial charge in [0.25, 0.3) is 0 Å². The van der Waals surface area contributed by atoms with Gasteiger partial charge in [-0.05, 0) is 35.6 Å². The Hall–Kier alpha value is -2.17. The zero-order chi connectivity index (χ0) is 14.0. The number of aryl methyl sites for hydroxylation is 1. The van der Waals surface area contributed by atoms with Gasteiger partial charge in [-0.25, -0.2) is 4.79 Å². The molecule has 0 aromatic heterocycles. The van der Waals surface area contributed by atoms with Crippen LogP contribution in [0.4, 0.5) is 8.78 Å². The van der Waals surface area contributed by atoms with Crippen LogP contribution in [0.15, 0.2) is 30.3 Å². The summed E-state index contributed by atoms with van der Waals surface area (Å²) >= 11 is 0. The molecule has 0 amide bonds. The number of aromatic carboxylic acids is 1. The van der Waals surface area contributed by atoms with Crippen LogP contribution in [-0.2, 0) is 6.42 Å². The first kappa shape index (κ1) is 13.3. The van der Waals surface area contributed by atoms with E-state index in [1.807, 2.05) is 13.0 Å². The minimum absolute atomic E-state index is 0.0765. The summed E-state index contributed by atoms with van der Waals surface area (Å²) in [7, 11) is 0. The molecule has 2 aromatic carbocycles. The lowest BCUT2D eigenvalue weighted by Crippen LogP contribution is -2.05. The summed E-state index contributed by atoms with van der Waals surface area (Å²) in [6.45, 7) is -1.04. The number of alkyl halides is 2. The number of rotatable bonds is 4.